The van der Waals surface area contributed by atoms with E-state index in [1.54, 1.807) is 0 Å². The van der Waals surface area contributed by atoms with Crippen LogP contribution in [0.25, 0.3) is 0 Å². The van der Waals surface area contributed by atoms with Crippen LogP contribution in [0.5, 0.6) is 0 Å². The van der Waals surface area contributed by atoms with Crippen molar-refractivity contribution in [1.29, 1.82) is 0 Å². The number of benzene rings is 1. The molecule has 0 amide bonds. The molecule has 4 nitrogen and oxygen atoms in total. The van der Waals surface area contributed by atoms with Crippen LogP contribution < -0.4 is 5.32 Å². The van der Waals surface area contributed by atoms with Crippen molar-refractivity contribution in [2.75, 3.05) is 33.3 Å². The first kappa shape index (κ1) is 22.2. The van der Waals surface area contributed by atoms with E-state index in [0.717, 1.165) is 38.6 Å². The van der Waals surface area contributed by atoms with Crippen molar-refractivity contribution in [3.8, 4) is 0 Å². The second-order valence-corrected chi connectivity index (χ2v) is 6.84. The fraction of sp³-hybridized carbons (Fsp3) is 0.650. The number of halogens is 1. The fourth-order valence-electron chi connectivity index (χ4n) is 3.43. The van der Waals surface area contributed by atoms with Crippen LogP contribution in [0.2, 0.25) is 0 Å². The summed E-state index contributed by atoms with van der Waals surface area (Å²) in [6.45, 7) is 10.3. The number of ether oxygens (including phenoxy) is 1. The Kier molecular flexibility index (Phi) is 10.4. The van der Waals surface area contributed by atoms with E-state index in [1.807, 2.05) is 7.05 Å². The molecule has 0 bridgehead atoms. The summed E-state index contributed by atoms with van der Waals surface area (Å²) in [5, 5.41) is 3.52. The predicted molar refractivity (Wildman–Crippen MR) is 117 cm³/mol. The molecular formula is C20H34IN3O. The number of nitrogens with one attached hydrogen (secondary N) is 1. The zero-order valence-corrected chi connectivity index (χ0v) is 18.4. The van der Waals surface area contributed by atoms with Crippen LogP contribution in [0.1, 0.15) is 45.1 Å². The number of nitrogens with zero attached hydrogens (tertiary/aromatic N) is 2. The third-order valence-electron chi connectivity index (χ3n) is 4.81. The van der Waals surface area contributed by atoms with Gasteiger partial charge in [0.05, 0.1) is 6.10 Å². The van der Waals surface area contributed by atoms with Gasteiger partial charge in [-0.3, -0.25) is 4.99 Å². The molecule has 0 aliphatic carbocycles. The Morgan fingerprint density at radius 2 is 2.04 bits per heavy atom. The summed E-state index contributed by atoms with van der Waals surface area (Å²) in [6.07, 6.45) is 2.52. The van der Waals surface area contributed by atoms with E-state index in [9.17, 15) is 0 Å². The molecule has 1 aliphatic rings. The highest BCUT2D eigenvalue weighted by Crippen LogP contribution is 2.26. The molecule has 2 atom stereocenters. The van der Waals surface area contributed by atoms with Gasteiger partial charge in [0, 0.05) is 39.2 Å². The standard InChI is InChI=1S/C20H33N3O.HI/c1-5-24-19(16(2)3)11-13-22-20(21-4)23-14-12-18(15-23)17-9-7-6-8-10-17;/h6-10,16,18-19H,5,11-15H2,1-4H3,(H,21,22);1H. The molecule has 0 saturated carbocycles. The van der Waals surface area contributed by atoms with Gasteiger partial charge in [0.25, 0.3) is 0 Å². The van der Waals surface area contributed by atoms with Gasteiger partial charge in [-0.15, -0.1) is 24.0 Å². The Morgan fingerprint density at radius 3 is 2.64 bits per heavy atom. The normalized spacial score (nSPS) is 19.0. The van der Waals surface area contributed by atoms with Gasteiger partial charge in [-0.25, -0.2) is 0 Å². The second kappa shape index (κ2) is 11.7. The minimum atomic E-state index is 0. The van der Waals surface area contributed by atoms with Gasteiger partial charge in [-0.2, -0.15) is 0 Å². The molecule has 1 aliphatic heterocycles. The number of rotatable bonds is 7. The zero-order chi connectivity index (χ0) is 17.4. The highest BCUT2D eigenvalue weighted by molar-refractivity contribution is 14.0. The van der Waals surface area contributed by atoms with E-state index in [0.29, 0.717) is 17.9 Å². The molecule has 1 aromatic rings. The number of likely N-dealkylation sites (tertiary alicyclic amines) is 1. The molecule has 1 aromatic carbocycles. The lowest BCUT2D eigenvalue weighted by atomic mass is 9.99. The van der Waals surface area contributed by atoms with E-state index in [1.165, 1.54) is 12.0 Å². The summed E-state index contributed by atoms with van der Waals surface area (Å²) in [4.78, 5) is 6.85. The van der Waals surface area contributed by atoms with Crippen molar-refractivity contribution in [2.24, 2.45) is 10.9 Å². The van der Waals surface area contributed by atoms with Gasteiger partial charge in [-0.1, -0.05) is 44.2 Å². The van der Waals surface area contributed by atoms with Crippen LogP contribution in [0.3, 0.4) is 0 Å². The lowest BCUT2D eigenvalue weighted by molar-refractivity contribution is 0.0257. The molecule has 0 radical (unpaired) electrons. The SMILES string of the molecule is CCOC(CCNC(=NC)N1CCC(c2ccccc2)C1)C(C)C.I. The summed E-state index contributed by atoms with van der Waals surface area (Å²) in [7, 11) is 1.88. The quantitative estimate of drug-likeness (QED) is 0.379. The van der Waals surface area contributed by atoms with Gasteiger partial charge in [-0.05, 0) is 31.2 Å². The number of hydrogen-bond acceptors (Lipinski definition) is 2. The van der Waals surface area contributed by atoms with Crippen LogP contribution in [-0.4, -0.2) is 50.3 Å². The van der Waals surface area contributed by atoms with Crippen molar-refractivity contribution in [3.05, 3.63) is 35.9 Å². The molecule has 1 heterocycles. The monoisotopic (exact) mass is 459 g/mol. The van der Waals surface area contributed by atoms with Crippen molar-refractivity contribution < 1.29 is 4.74 Å². The largest absolute Gasteiger partial charge is 0.378 e. The predicted octanol–water partition coefficient (Wildman–Crippen LogP) is 4.12. The van der Waals surface area contributed by atoms with Crippen molar-refractivity contribution in [3.63, 3.8) is 0 Å². The first-order valence-electron chi connectivity index (χ1n) is 9.27. The van der Waals surface area contributed by atoms with Crippen LogP contribution in [-0.2, 0) is 4.74 Å². The molecule has 2 rings (SSSR count). The van der Waals surface area contributed by atoms with Gasteiger partial charge >= 0.3 is 0 Å². The lowest BCUT2D eigenvalue weighted by Crippen LogP contribution is -2.41. The molecule has 25 heavy (non-hydrogen) atoms. The summed E-state index contributed by atoms with van der Waals surface area (Å²) >= 11 is 0. The van der Waals surface area contributed by atoms with Gasteiger partial charge in [0.2, 0.25) is 0 Å². The fourth-order valence-corrected chi connectivity index (χ4v) is 3.43. The third kappa shape index (κ3) is 6.77. The molecule has 0 aromatic heterocycles. The number of aliphatic imine (C=N–C) groups is 1. The van der Waals surface area contributed by atoms with E-state index >= 15 is 0 Å². The molecule has 1 saturated heterocycles. The van der Waals surface area contributed by atoms with Crippen LogP contribution in [0.15, 0.2) is 35.3 Å². The van der Waals surface area contributed by atoms with Crippen molar-refractivity contribution >= 4 is 29.9 Å². The Bertz CT molecular complexity index is 507. The summed E-state index contributed by atoms with van der Waals surface area (Å²) in [5.41, 5.74) is 1.44. The first-order chi connectivity index (χ1) is 11.7. The highest BCUT2D eigenvalue weighted by atomic mass is 127. The minimum absolute atomic E-state index is 0. The molecule has 142 valence electrons. The summed E-state index contributed by atoms with van der Waals surface area (Å²) < 4.78 is 5.83. The van der Waals surface area contributed by atoms with Crippen LogP contribution in [0, 0.1) is 5.92 Å². The maximum absolute atomic E-state index is 5.83. The Labute approximate surface area is 170 Å². The average molecular weight is 459 g/mol. The van der Waals surface area contributed by atoms with Crippen molar-refractivity contribution in [1.82, 2.24) is 10.2 Å². The lowest BCUT2D eigenvalue weighted by Gasteiger charge is -2.24. The minimum Gasteiger partial charge on any atom is -0.378 e. The molecule has 1 N–H and O–H groups in total. The Morgan fingerprint density at radius 1 is 1.32 bits per heavy atom. The number of hydrogen-bond donors (Lipinski definition) is 1. The van der Waals surface area contributed by atoms with Crippen molar-refractivity contribution in [2.45, 2.75) is 45.6 Å². The van der Waals surface area contributed by atoms with E-state index in [-0.39, 0.29) is 24.0 Å². The highest BCUT2D eigenvalue weighted by Gasteiger charge is 2.26. The molecule has 1 fully saturated rings. The van der Waals surface area contributed by atoms with Gasteiger partial charge in [0.15, 0.2) is 5.96 Å². The third-order valence-corrected chi connectivity index (χ3v) is 4.81. The maximum atomic E-state index is 5.83. The number of guanidine groups is 1. The smallest absolute Gasteiger partial charge is 0.193 e. The van der Waals surface area contributed by atoms with Crippen LogP contribution in [0.4, 0.5) is 0 Å². The van der Waals surface area contributed by atoms with Crippen LogP contribution >= 0.6 is 24.0 Å². The second-order valence-electron chi connectivity index (χ2n) is 6.84. The summed E-state index contributed by atoms with van der Waals surface area (Å²) in [5.74, 6) is 2.17. The molecular weight excluding hydrogens is 425 g/mol. The molecule has 5 heteroatoms. The van der Waals surface area contributed by atoms with E-state index in [4.69, 9.17) is 4.74 Å². The summed E-state index contributed by atoms with van der Waals surface area (Å²) in [6, 6.07) is 10.8. The Hall–Kier alpha value is -0.820. The Balaban J connectivity index is 0.00000312. The average Bonchev–Trinajstić information content (AvgIpc) is 3.08. The first-order valence-corrected chi connectivity index (χ1v) is 9.27. The van der Waals surface area contributed by atoms with Gasteiger partial charge < -0.3 is 15.0 Å². The maximum Gasteiger partial charge on any atom is 0.193 e. The molecule has 0 spiro atoms. The zero-order valence-electron chi connectivity index (χ0n) is 16.1. The van der Waals surface area contributed by atoms with Gasteiger partial charge in [0.1, 0.15) is 0 Å². The molecule has 2 unspecified atom stereocenters. The van der Waals surface area contributed by atoms with E-state index in [2.05, 4.69) is 66.3 Å². The van der Waals surface area contributed by atoms with E-state index < -0.39 is 0 Å². The topological polar surface area (TPSA) is 36.9 Å².